The molecule has 0 saturated carbocycles. The third-order valence-corrected chi connectivity index (χ3v) is 0. The minimum atomic E-state index is -0.833. The van der Waals surface area contributed by atoms with Gasteiger partial charge in [0.2, 0.25) is 0 Å². The first-order chi connectivity index (χ1) is 6.93. The third-order valence-electron chi connectivity index (χ3n) is 0. The molecule has 0 aromatic heterocycles. The smallest absolute Gasteiger partial charge is 0.300 e. The van der Waals surface area contributed by atoms with Crippen LogP contribution >= 0.6 is 0 Å². The van der Waals surface area contributed by atoms with Crippen LogP contribution in [0.1, 0.15) is 27.7 Å². The number of carboxylic acids is 4. The third kappa shape index (κ3) is 1960. The number of hydrogen-bond donors (Lipinski definition) is 4. The average molecular weight is 408 g/mol. The fourth-order valence-corrected chi connectivity index (χ4v) is 0. The van der Waals surface area contributed by atoms with Crippen LogP contribution in [0.25, 0.3) is 0 Å². The van der Waals surface area contributed by atoms with Gasteiger partial charge in [-0.15, -0.1) is 0 Å². The molecule has 0 aliphatic heterocycles. The van der Waals surface area contributed by atoms with Gasteiger partial charge < -0.3 is 42.3 Å². The zero-order valence-electron chi connectivity index (χ0n) is 11.8. The maximum absolute atomic E-state index is 9.00. The molecule has 12 nitrogen and oxygen atoms in total. The molecule has 0 aromatic carbocycles. The van der Waals surface area contributed by atoms with E-state index < -0.39 is 23.9 Å². The molecule has 0 fully saturated rings. The van der Waals surface area contributed by atoms with Crippen molar-refractivity contribution >= 4 is 23.9 Å². The van der Waals surface area contributed by atoms with Crippen LogP contribution < -0.4 is 0 Å². The van der Waals surface area contributed by atoms with E-state index in [1.165, 1.54) is 0 Å². The summed E-state index contributed by atoms with van der Waals surface area (Å²) in [6.07, 6.45) is 0. The van der Waals surface area contributed by atoms with Gasteiger partial charge in [-0.1, -0.05) is 0 Å². The summed E-state index contributed by atoms with van der Waals surface area (Å²) in [5, 5.41) is 29.7. The molecule has 0 saturated heterocycles. The van der Waals surface area contributed by atoms with Crippen molar-refractivity contribution in [2.75, 3.05) is 0 Å². The summed E-state index contributed by atoms with van der Waals surface area (Å²) in [5.41, 5.74) is 0. The Morgan fingerprint density at radius 3 is 0.476 bits per heavy atom. The van der Waals surface area contributed by atoms with Gasteiger partial charge in [-0.05, 0) is 0 Å². The Morgan fingerprint density at radius 2 is 0.476 bits per heavy atom. The summed E-state index contributed by atoms with van der Waals surface area (Å²) in [6, 6.07) is 0. The maximum Gasteiger partial charge on any atom is 0.300 e. The zero-order chi connectivity index (χ0) is 14.3. The second kappa shape index (κ2) is 51.5. The van der Waals surface area contributed by atoms with Crippen LogP contribution in [0.4, 0.5) is 0 Å². The molecule has 0 aliphatic rings. The first kappa shape index (κ1) is 60.7. The van der Waals surface area contributed by atoms with Crippen LogP contribution in [0.5, 0.6) is 0 Å². The van der Waals surface area contributed by atoms with E-state index in [0.717, 1.165) is 27.7 Å². The maximum atomic E-state index is 9.00. The molecule has 0 spiro atoms. The van der Waals surface area contributed by atoms with Crippen LogP contribution in [0.15, 0.2) is 0 Å². The molecular formula is C8H24MoO12. The van der Waals surface area contributed by atoms with Crippen LogP contribution in [0, 0.1) is 0 Å². The van der Waals surface area contributed by atoms with E-state index in [2.05, 4.69) is 0 Å². The van der Waals surface area contributed by atoms with Gasteiger partial charge in [-0.2, -0.15) is 0 Å². The molecular weight excluding hydrogens is 384 g/mol. The van der Waals surface area contributed by atoms with E-state index in [-0.39, 0.29) is 43.0 Å². The Labute approximate surface area is 134 Å². The first-order valence-electron chi connectivity index (χ1n) is 3.71. The number of carbonyl (C=O) groups is 4. The molecule has 0 amide bonds. The van der Waals surface area contributed by atoms with Gasteiger partial charge in [0.25, 0.3) is 23.9 Å². The molecule has 0 rings (SSSR count). The molecule has 134 valence electrons. The van der Waals surface area contributed by atoms with Crippen LogP contribution in [0.3, 0.4) is 0 Å². The molecule has 0 atom stereocenters. The molecule has 0 heterocycles. The predicted octanol–water partition coefficient (Wildman–Crippen LogP) is -2.94. The topological polar surface area (TPSA) is 275 Å². The summed E-state index contributed by atoms with van der Waals surface area (Å²) < 4.78 is 0. The van der Waals surface area contributed by atoms with Gasteiger partial charge in [0.15, 0.2) is 0 Å². The molecule has 13 heteroatoms. The Bertz CT molecular complexity index is 165. The summed E-state index contributed by atoms with van der Waals surface area (Å²) in [4.78, 5) is 36.0. The van der Waals surface area contributed by atoms with E-state index >= 15 is 0 Å². The monoisotopic (exact) mass is 410 g/mol. The predicted molar refractivity (Wildman–Crippen MR) is 67.7 cm³/mol. The summed E-state index contributed by atoms with van der Waals surface area (Å²) in [6.45, 7) is 4.33. The van der Waals surface area contributed by atoms with Crippen LogP contribution in [-0.2, 0) is 40.2 Å². The average Bonchev–Trinajstić information content (AvgIpc) is 1.76. The fourth-order valence-electron chi connectivity index (χ4n) is 0. The van der Waals surface area contributed by atoms with Crippen LogP contribution in [0.2, 0.25) is 0 Å². The standard InChI is InChI=1S/4C2H4O2.Mo.4H2O/c4*1-2(3)4;;;;;/h4*1H3,(H,3,4);;4*1H2. The van der Waals surface area contributed by atoms with Crippen LogP contribution in [-0.4, -0.2) is 66.2 Å². The van der Waals surface area contributed by atoms with Crippen molar-refractivity contribution in [2.24, 2.45) is 0 Å². The first-order valence-corrected chi connectivity index (χ1v) is 3.71. The van der Waals surface area contributed by atoms with Gasteiger partial charge in [0, 0.05) is 48.8 Å². The second-order valence-corrected chi connectivity index (χ2v) is 2.08. The molecule has 21 heavy (non-hydrogen) atoms. The van der Waals surface area contributed by atoms with Gasteiger partial charge in [0.1, 0.15) is 0 Å². The van der Waals surface area contributed by atoms with Crippen molar-refractivity contribution < 1.29 is 82.6 Å². The molecule has 0 aromatic rings. The largest absolute Gasteiger partial charge is 0.481 e. The van der Waals surface area contributed by atoms with Crippen molar-refractivity contribution in [2.45, 2.75) is 27.7 Å². The molecule has 12 N–H and O–H groups in total. The molecule has 0 unspecified atom stereocenters. The van der Waals surface area contributed by atoms with Gasteiger partial charge in [-0.3, -0.25) is 19.2 Å². The van der Waals surface area contributed by atoms with E-state index in [1.807, 2.05) is 0 Å². The Morgan fingerprint density at radius 1 is 0.476 bits per heavy atom. The van der Waals surface area contributed by atoms with Crippen molar-refractivity contribution in [3.05, 3.63) is 0 Å². The second-order valence-electron chi connectivity index (χ2n) is 2.08. The minimum absolute atomic E-state index is 0. The van der Waals surface area contributed by atoms with Crippen molar-refractivity contribution in [1.29, 1.82) is 0 Å². The van der Waals surface area contributed by atoms with Gasteiger partial charge >= 0.3 is 0 Å². The van der Waals surface area contributed by atoms with Gasteiger partial charge in [0.05, 0.1) is 0 Å². The Kier molecular flexibility index (Phi) is 149. The minimum Gasteiger partial charge on any atom is -0.481 e. The summed E-state index contributed by atoms with van der Waals surface area (Å²) >= 11 is 0. The summed E-state index contributed by atoms with van der Waals surface area (Å²) in [5.74, 6) is -3.33. The SMILES string of the molecule is CC(=O)O.CC(=O)O.CC(=O)O.CC(=O)O.O.O.O.O.[Mo]. The number of aliphatic carboxylic acids is 4. The van der Waals surface area contributed by atoms with Gasteiger partial charge in [-0.25, -0.2) is 0 Å². The number of carboxylic acid groups (broad SMARTS) is 4. The molecule has 0 bridgehead atoms. The van der Waals surface area contributed by atoms with Crippen molar-refractivity contribution in [1.82, 2.24) is 0 Å². The fraction of sp³-hybridized carbons (Fsp3) is 0.500. The Hall–Kier alpha value is -1.59. The van der Waals surface area contributed by atoms with E-state index in [0.29, 0.717) is 0 Å². The zero-order valence-corrected chi connectivity index (χ0v) is 13.8. The van der Waals surface area contributed by atoms with E-state index in [9.17, 15) is 0 Å². The quantitative estimate of drug-likeness (QED) is 0.300. The summed E-state index contributed by atoms with van der Waals surface area (Å²) in [7, 11) is 0. The van der Waals surface area contributed by atoms with Crippen molar-refractivity contribution in [3.8, 4) is 0 Å². The number of hydrogen-bond acceptors (Lipinski definition) is 4. The Balaban J connectivity index is -0.0000000121. The molecule has 0 radical (unpaired) electrons. The molecule has 0 aliphatic carbocycles. The van der Waals surface area contributed by atoms with Crippen molar-refractivity contribution in [3.63, 3.8) is 0 Å². The van der Waals surface area contributed by atoms with E-state index in [4.69, 9.17) is 39.6 Å². The number of rotatable bonds is 0. The van der Waals surface area contributed by atoms with E-state index in [1.54, 1.807) is 0 Å². The normalized spacial score (nSPS) is 4.76.